The molecule has 2 aromatic carbocycles. The molecule has 35 heavy (non-hydrogen) atoms. The lowest BCUT2D eigenvalue weighted by Crippen LogP contribution is -2.17. The van der Waals surface area contributed by atoms with Crippen molar-refractivity contribution in [1.82, 2.24) is 20.1 Å². The van der Waals surface area contributed by atoms with E-state index in [1.54, 1.807) is 25.3 Å². The zero-order chi connectivity index (χ0) is 24.4. The van der Waals surface area contributed by atoms with E-state index >= 15 is 0 Å². The Morgan fingerprint density at radius 2 is 1.97 bits per heavy atom. The molecule has 1 aliphatic heterocycles. The summed E-state index contributed by atoms with van der Waals surface area (Å²) in [6, 6.07) is 14.2. The first-order valence-electron chi connectivity index (χ1n) is 11.2. The van der Waals surface area contributed by atoms with Gasteiger partial charge in [0.25, 0.3) is 5.89 Å². The predicted octanol–water partition coefficient (Wildman–Crippen LogP) is 3.44. The highest BCUT2D eigenvalue weighted by atomic mass is 32.2. The first-order valence-corrected chi connectivity index (χ1v) is 12.8. The smallest absolute Gasteiger partial charge is 0.263 e. The summed E-state index contributed by atoms with van der Waals surface area (Å²) >= 11 is 0. The van der Waals surface area contributed by atoms with E-state index in [4.69, 9.17) is 4.52 Å². The summed E-state index contributed by atoms with van der Waals surface area (Å²) in [5.41, 5.74) is 2.82. The van der Waals surface area contributed by atoms with Gasteiger partial charge in [-0.15, -0.1) is 0 Å². The van der Waals surface area contributed by atoms with Crippen molar-refractivity contribution in [1.29, 1.82) is 0 Å². The first-order chi connectivity index (χ1) is 16.9. The zero-order valence-electron chi connectivity index (χ0n) is 19.0. The van der Waals surface area contributed by atoms with Crippen LogP contribution >= 0.6 is 0 Å². The van der Waals surface area contributed by atoms with Gasteiger partial charge in [-0.25, -0.2) is 13.4 Å². The molecular weight excluding hydrogens is 468 g/mol. The Morgan fingerprint density at radius 1 is 1.14 bits per heavy atom. The van der Waals surface area contributed by atoms with Gasteiger partial charge in [0.05, 0.1) is 23.3 Å². The third kappa shape index (κ3) is 4.86. The van der Waals surface area contributed by atoms with Gasteiger partial charge >= 0.3 is 0 Å². The Hall–Kier alpha value is -3.83. The van der Waals surface area contributed by atoms with Crippen molar-refractivity contribution in [2.45, 2.75) is 30.7 Å². The zero-order valence-corrected chi connectivity index (χ0v) is 19.8. The maximum atomic E-state index is 12.3. The number of fused-ring (bicyclic) bond motifs is 1. The summed E-state index contributed by atoms with van der Waals surface area (Å²) in [5.74, 6) is 1.58. The third-order valence-electron chi connectivity index (χ3n) is 5.75. The number of aryl methyl sites for hydroxylation is 2. The molecular formula is C24H24N6O4S. The Bertz CT molecular complexity index is 1460. The molecule has 0 aliphatic carbocycles. The van der Waals surface area contributed by atoms with Crippen LogP contribution in [0.2, 0.25) is 0 Å². The van der Waals surface area contributed by atoms with Crippen LogP contribution in [0.5, 0.6) is 0 Å². The average Bonchev–Trinajstić information content (AvgIpc) is 3.29. The molecule has 0 amide bonds. The van der Waals surface area contributed by atoms with Crippen molar-refractivity contribution in [3.8, 4) is 11.5 Å². The highest BCUT2D eigenvalue weighted by molar-refractivity contribution is 7.91. The van der Waals surface area contributed by atoms with Crippen LogP contribution in [0.3, 0.4) is 0 Å². The second-order valence-electron chi connectivity index (χ2n) is 8.26. The minimum atomic E-state index is -3.23. The van der Waals surface area contributed by atoms with Crippen molar-refractivity contribution in [3.05, 3.63) is 71.7 Å². The maximum Gasteiger partial charge on any atom is 0.263 e. The number of rotatable bonds is 7. The van der Waals surface area contributed by atoms with E-state index in [1.807, 2.05) is 36.4 Å². The van der Waals surface area contributed by atoms with Crippen LogP contribution in [-0.4, -0.2) is 46.0 Å². The number of hydrogen-bond acceptors (Lipinski definition) is 10. The Morgan fingerprint density at radius 3 is 2.71 bits per heavy atom. The number of benzene rings is 2. The maximum absolute atomic E-state index is 12.3. The Balaban J connectivity index is 1.49. The van der Waals surface area contributed by atoms with Crippen LogP contribution in [0.15, 0.2) is 64.1 Å². The summed E-state index contributed by atoms with van der Waals surface area (Å²) in [6.45, 7) is 1.55. The first kappa shape index (κ1) is 22.9. The summed E-state index contributed by atoms with van der Waals surface area (Å²) in [5, 5.41) is 20.3. The average molecular weight is 493 g/mol. The topological polar surface area (TPSA) is 143 Å². The number of sulfone groups is 1. The third-order valence-corrected chi connectivity index (χ3v) is 7.65. The summed E-state index contributed by atoms with van der Waals surface area (Å²) in [6.07, 6.45) is 2.86. The summed E-state index contributed by atoms with van der Waals surface area (Å²) < 4.78 is 30.0. The van der Waals surface area contributed by atoms with Gasteiger partial charge in [-0.2, -0.15) is 9.97 Å². The van der Waals surface area contributed by atoms with Crippen molar-refractivity contribution < 1.29 is 18.0 Å². The predicted molar refractivity (Wildman–Crippen MR) is 130 cm³/mol. The normalized spacial score (nSPS) is 15.3. The van der Waals surface area contributed by atoms with Gasteiger partial charge in [-0.1, -0.05) is 35.5 Å². The molecule has 1 aliphatic rings. The van der Waals surface area contributed by atoms with E-state index in [2.05, 4.69) is 30.7 Å². The van der Waals surface area contributed by atoms with Crippen LogP contribution in [0.4, 0.5) is 17.5 Å². The van der Waals surface area contributed by atoms with Crippen LogP contribution in [0.25, 0.3) is 11.5 Å². The van der Waals surface area contributed by atoms with Gasteiger partial charge in [0.2, 0.25) is 5.95 Å². The number of nitrogens with one attached hydrogen (secondary N) is 2. The Kier molecular flexibility index (Phi) is 6.18. The minimum Gasteiger partial charge on any atom is -0.394 e. The van der Waals surface area contributed by atoms with Crippen molar-refractivity contribution >= 4 is 27.3 Å². The summed E-state index contributed by atoms with van der Waals surface area (Å²) in [7, 11) is -3.23. The van der Waals surface area contributed by atoms with Crippen LogP contribution < -0.4 is 10.6 Å². The van der Waals surface area contributed by atoms with Gasteiger partial charge < -0.3 is 20.3 Å². The number of anilines is 3. The fourth-order valence-electron chi connectivity index (χ4n) is 4.05. The molecule has 0 saturated carbocycles. The number of aliphatic hydroxyl groups excluding tert-OH is 1. The Labute approximate surface area is 202 Å². The highest BCUT2D eigenvalue weighted by Crippen LogP contribution is 2.31. The molecule has 2 aromatic heterocycles. The molecule has 0 radical (unpaired) electrons. The molecule has 0 fully saturated rings. The van der Waals surface area contributed by atoms with E-state index in [-0.39, 0.29) is 24.2 Å². The fourth-order valence-corrected chi connectivity index (χ4v) is 5.63. The summed E-state index contributed by atoms with van der Waals surface area (Å²) in [4.78, 5) is 13.7. The molecule has 0 unspecified atom stereocenters. The number of aromatic nitrogens is 4. The number of hydrogen-bond donors (Lipinski definition) is 3. The molecule has 0 bridgehead atoms. The van der Waals surface area contributed by atoms with Gasteiger partial charge in [0.1, 0.15) is 11.4 Å². The molecule has 180 valence electrons. The molecule has 1 atom stereocenters. The lowest BCUT2D eigenvalue weighted by atomic mass is 10.1. The molecule has 3 heterocycles. The van der Waals surface area contributed by atoms with Gasteiger partial charge in [-0.3, -0.25) is 0 Å². The molecule has 0 spiro atoms. The van der Waals surface area contributed by atoms with Gasteiger partial charge in [0, 0.05) is 11.9 Å². The molecule has 11 heteroatoms. The minimum absolute atomic E-state index is 0.168. The monoisotopic (exact) mass is 492 g/mol. The standard InChI is InChI=1S/C24H24N6O4S/c1-15-26-23(34-30-15)19-13-25-24(29-22(19)28-20(14-31)16-6-3-2-4-7-16)27-18-9-10-21-17(12-18)8-5-11-35(21,32)33/h2-4,6-7,9-10,12-13,20,31H,5,8,11,14H2,1H3,(H2,25,27,28,29)/t20-/m1/s1. The van der Waals surface area contributed by atoms with Crippen molar-refractivity contribution in [2.24, 2.45) is 0 Å². The number of aliphatic hydroxyl groups is 1. The van der Waals surface area contributed by atoms with Crippen molar-refractivity contribution in [3.63, 3.8) is 0 Å². The molecule has 4 aromatic rings. The van der Waals surface area contributed by atoms with Crippen molar-refractivity contribution in [2.75, 3.05) is 23.0 Å². The van der Waals surface area contributed by atoms with Gasteiger partial charge in [-0.05, 0) is 49.1 Å². The van der Waals surface area contributed by atoms with E-state index in [9.17, 15) is 13.5 Å². The van der Waals surface area contributed by atoms with E-state index < -0.39 is 15.9 Å². The van der Waals surface area contributed by atoms with E-state index in [0.717, 1.165) is 11.1 Å². The van der Waals surface area contributed by atoms with E-state index in [0.29, 0.717) is 40.6 Å². The van der Waals surface area contributed by atoms with Crippen LogP contribution in [0, 0.1) is 6.92 Å². The second-order valence-corrected chi connectivity index (χ2v) is 10.3. The lowest BCUT2D eigenvalue weighted by Gasteiger charge is -2.20. The molecule has 10 nitrogen and oxygen atoms in total. The molecule has 5 rings (SSSR count). The second kappa shape index (κ2) is 9.43. The lowest BCUT2D eigenvalue weighted by molar-refractivity contribution is 0.276. The van der Waals surface area contributed by atoms with E-state index in [1.165, 1.54) is 0 Å². The largest absolute Gasteiger partial charge is 0.394 e. The van der Waals surface area contributed by atoms with Gasteiger partial charge in [0.15, 0.2) is 15.7 Å². The molecule has 0 saturated heterocycles. The van der Waals surface area contributed by atoms with Crippen LogP contribution in [-0.2, 0) is 16.3 Å². The molecule has 3 N–H and O–H groups in total. The quantitative estimate of drug-likeness (QED) is 0.351. The highest BCUT2D eigenvalue weighted by Gasteiger charge is 2.24. The fraction of sp³-hybridized carbons (Fsp3) is 0.250. The SMILES string of the molecule is Cc1noc(-c2cnc(Nc3ccc4c(c3)CCCS4(=O)=O)nc2N[C@H](CO)c2ccccc2)n1. The van der Waals surface area contributed by atoms with Crippen LogP contribution in [0.1, 0.15) is 29.4 Å². The number of nitrogens with zero attached hydrogens (tertiary/aromatic N) is 4.